The number of amides is 1. The van der Waals surface area contributed by atoms with Crippen molar-refractivity contribution in [2.24, 2.45) is 0 Å². The van der Waals surface area contributed by atoms with Crippen LogP contribution in [0.1, 0.15) is 32.8 Å². The minimum Gasteiger partial charge on any atom is -0.326 e. The predicted octanol–water partition coefficient (Wildman–Crippen LogP) is 3.29. The van der Waals surface area contributed by atoms with Gasteiger partial charge in [0.2, 0.25) is 15.9 Å². The van der Waals surface area contributed by atoms with Gasteiger partial charge in [0.15, 0.2) is 0 Å². The lowest BCUT2D eigenvalue weighted by atomic mass is 9.87. The van der Waals surface area contributed by atoms with E-state index in [9.17, 15) is 13.2 Å². The van der Waals surface area contributed by atoms with Gasteiger partial charge in [-0.2, -0.15) is 0 Å². The molecule has 0 aliphatic rings. The van der Waals surface area contributed by atoms with Crippen molar-refractivity contribution < 1.29 is 13.2 Å². The summed E-state index contributed by atoms with van der Waals surface area (Å²) in [6.45, 7) is 6.25. The van der Waals surface area contributed by atoms with E-state index < -0.39 is 10.0 Å². The first-order chi connectivity index (χ1) is 11.7. The van der Waals surface area contributed by atoms with E-state index in [-0.39, 0.29) is 29.2 Å². The average Bonchev–Trinajstić information content (AvgIpc) is 2.55. The topological polar surface area (TPSA) is 75.3 Å². The normalized spacial score (nSPS) is 12.0. The van der Waals surface area contributed by atoms with Gasteiger partial charge in [-0.15, -0.1) is 0 Å². The van der Waals surface area contributed by atoms with Crippen LogP contribution >= 0.6 is 0 Å². The van der Waals surface area contributed by atoms with Crippen molar-refractivity contribution in [1.29, 1.82) is 0 Å². The van der Waals surface area contributed by atoms with Crippen molar-refractivity contribution >= 4 is 21.6 Å². The van der Waals surface area contributed by atoms with E-state index in [4.69, 9.17) is 0 Å². The largest absolute Gasteiger partial charge is 0.326 e. The van der Waals surface area contributed by atoms with Crippen LogP contribution in [0.3, 0.4) is 0 Å². The van der Waals surface area contributed by atoms with E-state index in [1.54, 1.807) is 24.3 Å². The third kappa shape index (κ3) is 5.69. The summed E-state index contributed by atoms with van der Waals surface area (Å²) in [7, 11) is -3.62. The third-order valence-corrected chi connectivity index (χ3v) is 5.21. The second-order valence-corrected chi connectivity index (χ2v) is 8.60. The first-order valence-corrected chi connectivity index (χ1v) is 9.62. The molecule has 0 saturated heterocycles. The van der Waals surface area contributed by atoms with Gasteiger partial charge in [0.25, 0.3) is 0 Å². The van der Waals surface area contributed by atoms with Crippen molar-refractivity contribution in [3.8, 4) is 0 Å². The Morgan fingerprint density at radius 1 is 0.960 bits per heavy atom. The fourth-order valence-electron chi connectivity index (χ4n) is 2.26. The molecule has 2 aromatic rings. The molecule has 0 fully saturated rings. The number of rotatable bonds is 6. The molecular formula is C19H24N2O3S. The van der Waals surface area contributed by atoms with Crippen LogP contribution in [0.5, 0.6) is 0 Å². The highest BCUT2D eigenvalue weighted by atomic mass is 32.2. The number of hydrogen-bond donors (Lipinski definition) is 2. The number of carbonyl (C=O) groups excluding carboxylic acids is 1. The first kappa shape index (κ1) is 19.1. The maximum absolute atomic E-state index is 12.3. The van der Waals surface area contributed by atoms with Crippen LogP contribution in [0.25, 0.3) is 0 Å². The Morgan fingerprint density at radius 3 is 2.12 bits per heavy atom. The monoisotopic (exact) mass is 360 g/mol. The number of nitrogens with one attached hydrogen (secondary N) is 2. The molecule has 0 aromatic heterocycles. The summed E-state index contributed by atoms with van der Waals surface area (Å²) < 4.78 is 27.0. The Balaban J connectivity index is 1.90. The molecule has 0 aliphatic heterocycles. The van der Waals surface area contributed by atoms with Crippen LogP contribution < -0.4 is 10.0 Å². The molecule has 0 atom stereocenters. The summed E-state index contributed by atoms with van der Waals surface area (Å²) in [5.74, 6) is -0.239. The van der Waals surface area contributed by atoms with Crippen LogP contribution in [-0.4, -0.2) is 20.9 Å². The lowest BCUT2D eigenvalue weighted by molar-refractivity contribution is -0.116. The second-order valence-electron chi connectivity index (χ2n) is 6.84. The van der Waals surface area contributed by atoms with Crippen LogP contribution in [0.15, 0.2) is 59.5 Å². The molecule has 0 spiro atoms. The molecule has 2 rings (SSSR count). The zero-order valence-corrected chi connectivity index (χ0v) is 15.6. The van der Waals surface area contributed by atoms with Crippen LogP contribution in [-0.2, 0) is 20.2 Å². The number of benzene rings is 2. The average molecular weight is 360 g/mol. The van der Waals surface area contributed by atoms with Crippen molar-refractivity contribution in [3.05, 3.63) is 60.2 Å². The molecule has 0 radical (unpaired) electrons. The maximum Gasteiger partial charge on any atom is 0.240 e. The minimum atomic E-state index is -3.62. The van der Waals surface area contributed by atoms with Crippen LogP contribution in [0.2, 0.25) is 0 Å². The number of para-hydroxylation sites is 1. The second kappa shape index (κ2) is 7.80. The van der Waals surface area contributed by atoms with E-state index >= 15 is 0 Å². The molecule has 25 heavy (non-hydrogen) atoms. The van der Waals surface area contributed by atoms with Gasteiger partial charge in [-0.3, -0.25) is 4.79 Å². The minimum absolute atomic E-state index is 0.0365. The fraction of sp³-hybridized carbons (Fsp3) is 0.316. The Morgan fingerprint density at radius 2 is 1.56 bits per heavy atom. The third-order valence-electron chi connectivity index (χ3n) is 3.73. The van der Waals surface area contributed by atoms with Gasteiger partial charge in [0, 0.05) is 18.7 Å². The zero-order chi connectivity index (χ0) is 18.5. The van der Waals surface area contributed by atoms with Gasteiger partial charge in [0.1, 0.15) is 0 Å². The highest BCUT2D eigenvalue weighted by Crippen LogP contribution is 2.23. The van der Waals surface area contributed by atoms with E-state index in [2.05, 4.69) is 30.8 Å². The Kier molecular flexibility index (Phi) is 5.98. The predicted molar refractivity (Wildman–Crippen MR) is 100 cm³/mol. The molecule has 0 unspecified atom stereocenters. The maximum atomic E-state index is 12.3. The molecule has 6 heteroatoms. The van der Waals surface area contributed by atoms with Crippen molar-refractivity contribution in [2.45, 2.75) is 37.5 Å². The highest BCUT2D eigenvalue weighted by Gasteiger charge is 2.17. The van der Waals surface area contributed by atoms with Crippen molar-refractivity contribution in [1.82, 2.24) is 4.72 Å². The molecule has 2 aromatic carbocycles. The van der Waals surface area contributed by atoms with E-state index in [1.807, 2.05) is 30.3 Å². The molecule has 0 heterocycles. The van der Waals surface area contributed by atoms with Gasteiger partial charge in [-0.25, -0.2) is 13.1 Å². The van der Waals surface area contributed by atoms with E-state index in [0.717, 1.165) is 5.56 Å². The summed E-state index contributed by atoms with van der Waals surface area (Å²) in [4.78, 5) is 12.0. The zero-order valence-electron chi connectivity index (χ0n) is 14.7. The number of sulfonamides is 1. The number of carbonyl (C=O) groups is 1. The van der Waals surface area contributed by atoms with Crippen LogP contribution in [0.4, 0.5) is 5.69 Å². The van der Waals surface area contributed by atoms with Crippen molar-refractivity contribution in [2.75, 3.05) is 11.9 Å². The Hall–Kier alpha value is -2.18. The van der Waals surface area contributed by atoms with Crippen LogP contribution in [0, 0.1) is 0 Å². The molecule has 134 valence electrons. The summed E-state index contributed by atoms with van der Waals surface area (Å²) in [6.07, 6.45) is 0.0637. The van der Waals surface area contributed by atoms with E-state index in [0.29, 0.717) is 5.69 Å². The SMILES string of the molecule is CC(C)(C)c1ccc(S(=O)(=O)NCCC(=O)Nc2ccccc2)cc1. The Bertz CT molecular complexity index is 808. The molecule has 0 bridgehead atoms. The highest BCUT2D eigenvalue weighted by molar-refractivity contribution is 7.89. The van der Waals surface area contributed by atoms with Gasteiger partial charge in [-0.1, -0.05) is 51.1 Å². The molecule has 5 nitrogen and oxygen atoms in total. The quantitative estimate of drug-likeness (QED) is 0.830. The van der Waals surface area contributed by atoms with Gasteiger partial charge < -0.3 is 5.32 Å². The van der Waals surface area contributed by atoms with Gasteiger partial charge in [0.05, 0.1) is 4.90 Å². The summed E-state index contributed by atoms with van der Waals surface area (Å²) >= 11 is 0. The molecule has 0 aliphatic carbocycles. The van der Waals surface area contributed by atoms with Crippen molar-refractivity contribution in [3.63, 3.8) is 0 Å². The first-order valence-electron chi connectivity index (χ1n) is 8.13. The summed E-state index contributed by atoms with van der Waals surface area (Å²) in [5.41, 5.74) is 1.72. The van der Waals surface area contributed by atoms with Gasteiger partial charge in [-0.05, 0) is 35.2 Å². The lowest BCUT2D eigenvalue weighted by Crippen LogP contribution is -2.28. The summed E-state index contributed by atoms with van der Waals surface area (Å²) in [6, 6.07) is 15.9. The van der Waals surface area contributed by atoms with E-state index in [1.165, 1.54) is 0 Å². The standard InChI is InChI=1S/C19H24N2O3S/c1-19(2,3)15-9-11-17(12-10-15)25(23,24)20-14-13-18(22)21-16-7-5-4-6-8-16/h4-12,20H,13-14H2,1-3H3,(H,21,22). The van der Waals surface area contributed by atoms with Gasteiger partial charge >= 0.3 is 0 Å². The number of anilines is 1. The Labute approximate surface area is 149 Å². The molecule has 2 N–H and O–H groups in total. The smallest absolute Gasteiger partial charge is 0.240 e. The molecule has 0 saturated carbocycles. The fourth-order valence-corrected chi connectivity index (χ4v) is 3.29. The molecule has 1 amide bonds. The lowest BCUT2D eigenvalue weighted by Gasteiger charge is -2.19. The number of hydrogen-bond acceptors (Lipinski definition) is 3. The summed E-state index contributed by atoms with van der Waals surface area (Å²) in [5, 5.41) is 2.72. The molecular weight excluding hydrogens is 336 g/mol.